The minimum Gasteiger partial charge on any atom is -0.325 e. The van der Waals surface area contributed by atoms with Crippen LogP contribution in [0.25, 0.3) is 11.4 Å². The van der Waals surface area contributed by atoms with Crippen LogP contribution < -0.4 is 5.32 Å². The Hall–Kier alpha value is -1.96. The lowest BCUT2D eigenvalue weighted by Crippen LogP contribution is -2.14. The van der Waals surface area contributed by atoms with Crippen molar-refractivity contribution in [3.8, 4) is 11.4 Å². The molecule has 25 heavy (non-hydrogen) atoms. The van der Waals surface area contributed by atoms with E-state index in [9.17, 15) is 4.79 Å². The first-order valence-electron chi connectivity index (χ1n) is 7.39. The minimum absolute atomic E-state index is 0.0962. The average Bonchev–Trinajstić information content (AvgIpc) is 3.10. The van der Waals surface area contributed by atoms with E-state index in [2.05, 4.69) is 20.5 Å². The summed E-state index contributed by atoms with van der Waals surface area (Å²) in [7, 11) is 0. The number of aromatic amines is 1. The molecule has 0 unspecified atom stereocenters. The number of hydrogen-bond donors (Lipinski definition) is 2. The Kier molecular flexibility index (Phi) is 6.01. The maximum atomic E-state index is 12.1. The predicted octanol–water partition coefficient (Wildman–Crippen LogP) is 4.58. The number of thioether (sulfide) groups is 2. The van der Waals surface area contributed by atoms with Gasteiger partial charge in [-0.3, -0.25) is 9.89 Å². The van der Waals surface area contributed by atoms with Gasteiger partial charge in [-0.05, 0) is 48.7 Å². The molecule has 1 aromatic heterocycles. The van der Waals surface area contributed by atoms with Crippen LogP contribution in [0.2, 0.25) is 5.02 Å². The molecular weight excluding hydrogens is 376 g/mol. The number of hydrogen-bond acceptors (Lipinski definition) is 5. The van der Waals surface area contributed by atoms with Gasteiger partial charge in [-0.2, -0.15) is 0 Å². The second-order valence-electron chi connectivity index (χ2n) is 5.04. The number of anilines is 1. The molecule has 1 amide bonds. The van der Waals surface area contributed by atoms with Crippen molar-refractivity contribution in [1.82, 2.24) is 15.2 Å². The van der Waals surface area contributed by atoms with Crippen LogP contribution in [0.3, 0.4) is 0 Å². The zero-order valence-electron chi connectivity index (χ0n) is 13.3. The molecule has 1 heterocycles. The van der Waals surface area contributed by atoms with Gasteiger partial charge < -0.3 is 5.32 Å². The topological polar surface area (TPSA) is 70.7 Å². The first kappa shape index (κ1) is 17.8. The van der Waals surface area contributed by atoms with Crippen molar-refractivity contribution in [3.05, 3.63) is 53.6 Å². The molecule has 3 rings (SSSR count). The fourth-order valence-corrected chi connectivity index (χ4v) is 3.26. The van der Waals surface area contributed by atoms with Gasteiger partial charge in [-0.15, -0.1) is 16.9 Å². The highest BCUT2D eigenvalue weighted by Gasteiger charge is 2.09. The molecule has 0 saturated heterocycles. The third-order valence-corrected chi connectivity index (χ3v) is 5.09. The van der Waals surface area contributed by atoms with E-state index in [-0.39, 0.29) is 11.7 Å². The molecule has 2 aromatic carbocycles. The summed E-state index contributed by atoms with van der Waals surface area (Å²) in [5.41, 5.74) is 1.68. The van der Waals surface area contributed by atoms with E-state index in [4.69, 9.17) is 11.6 Å². The lowest BCUT2D eigenvalue weighted by atomic mass is 10.2. The van der Waals surface area contributed by atoms with Crippen molar-refractivity contribution >= 4 is 46.7 Å². The number of carbonyl (C=O) groups is 1. The normalized spacial score (nSPS) is 10.6. The zero-order valence-corrected chi connectivity index (χ0v) is 15.7. The van der Waals surface area contributed by atoms with Crippen LogP contribution in [0, 0.1) is 0 Å². The maximum absolute atomic E-state index is 12.1. The van der Waals surface area contributed by atoms with E-state index in [1.165, 1.54) is 11.8 Å². The Labute approximate surface area is 159 Å². The molecule has 0 saturated carbocycles. The Balaban J connectivity index is 1.56. The van der Waals surface area contributed by atoms with Crippen molar-refractivity contribution in [2.45, 2.75) is 10.1 Å². The molecular formula is C17H15ClN4OS2. The molecule has 128 valence electrons. The van der Waals surface area contributed by atoms with Crippen LogP contribution in [0.5, 0.6) is 0 Å². The SMILES string of the molecule is CSc1cccc(NC(=O)CSc2n[nH]c(-c3ccc(Cl)cc3)n2)c1. The summed E-state index contributed by atoms with van der Waals surface area (Å²) in [4.78, 5) is 17.6. The van der Waals surface area contributed by atoms with E-state index in [1.54, 1.807) is 23.9 Å². The van der Waals surface area contributed by atoms with Crippen LogP contribution in [0.15, 0.2) is 58.6 Å². The van der Waals surface area contributed by atoms with Gasteiger partial charge in [0.2, 0.25) is 11.1 Å². The monoisotopic (exact) mass is 390 g/mol. The fourth-order valence-electron chi connectivity index (χ4n) is 2.08. The lowest BCUT2D eigenvalue weighted by molar-refractivity contribution is -0.113. The highest BCUT2D eigenvalue weighted by atomic mass is 35.5. The van der Waals surface area contributed by atoms with Crippen LogP contribution >= 0.6 is 35.1 Å². The van der Waals surface area contributed by atoms with Gasteiger partial charge in [0.05, 0.1) is 5.75 Å². The third kappa shape index (κ3) is 5.01. The van der Waals surface area contributed by atoms with Crippen molar-refractivity contribution in [1.29, 1.82) is 0 Å². The van der Waals surface area contributed by atoms with Crippen LogP contribution in [-0.4, -0.2) is 33.1 Å². The van der Waals surface area contributed by atoms with Crippen molar-refractivity contribution < 1.29 is 4.79 Å². The third-order valence-electron chi connectivity index (χ3n) is 3.27. The minimum atomic E-state index is -0.0962. The van der Waals surface area contributed by atoms with E-state index >= 15 is 0 Å². The van der Waals surface area contributed by atoms with Crippen molar-refractivity contribution in [2.24, 2.45) is 0 Å². The molecule has 0 aliphatic carbocycles. The molecule has 8 heteroatoms. The number of H-pyrrole nitrogens is 1. The maximum Gasteiger partial charge on any atom is 0.234 e. The summed E-state index contributed by atoms with van der Waals surface area (Å²) in [5, 5.41) is 11.1. The quantitative estimate of drug-likeness (QED) is 0.603. The van der Waals surface area contributed by atoms with Crippen LogP contribution in [0.4, 0.5) is 5.69 Å². The number of halogens is 1. The number of benzene rings is 2. The Morgan fingerprint density at radius 2 is 2.04 bits per heavy atom. The largest absolute Gasteiger partial charge is 0.325 e. The zero-order chi connectivity index (χ0) is 17.6. The van der Waals surface area contributed by atoms with Gasteiger partial charge in [0.1, 0.15) is 0 Å². The summed E-state index contributed by atoms with van der Waals surface area (Å²) in [5.74, 6) is 0.787. The van der Waals surface area contributed by atoms with Gasteiger partial charge in [0, 0.05) is 21.2 Å². The second-order valence-corrected chi connectivity index (χ2v) is 7.30. The molecule has 2 N–H and O–H groups in total. The average molecular weight is 391 g/mol. The summed E-state index contributed by atoms with van der Waals surface area (Å²) >= 11 is 8.79. The number of carbonyl (C=O) groups excluding carboxylic acids is 1. The van der Waals surface area contributed by atoms with E-state index in [1.807, 2.05) is 42.7 Å². The Morgan fingerprint density at radius 1 is 1.24 bits per heavy atom. The van der Waals surface area contributed by atoms with E-state index in [0.717, 1.165) is 16.1 Å². The summed E-state index contributed by atoms with van der Waals surface area (Å²) in [6, 6.07) is 15.0. The van der Waals surface area contributed by atoms with Crippen molar-refractivity contribution in [3.63, 3.8) is 0 Å². The molecule has 0 spiro atoms. The van der Waals surface area contributed by atoms with Crippen LogP contribution in [-0.2, 0) is 4.79 Å². The Bertz CT molecular complexity index is 867. The number of aromatic nitrogens is 3. The smallest absolute Gasteiger partial charge is 0.234 e. The predicted molar refractivity (Wildman–Crippen MR) is 104 cm³/mol. The molecule has 0 fully saturated rings. The summed E-state index contributed by atoms with van der Waals surface area (Å²) < 4.78 is 0. The highest BCUT2D eigenvalue weighted by Crippen LogP contribution is 2.22. The molecule has 0 aliphatic heterocycles. The molecule has 3 aromatic rings. The number of nitrogens with zero attached hydrogens (tertiary/aromatic N) is 2. The molecule has 5 nitrogen and oxygen atoms in total. The molecule has 0 aliphatic rings. The number of rotatable bonds is 6. The standard InChI is InChI=1S/C17H15ClN4OS2/c1-24-14-4-2-3-13(9-14)19-15(23)10-25-17-20-16(21-22-17)11-5-7-12(18)8-6-11/h2-9H,10H2,1H3,(H,19,23)(H,20,21,22). The van der Waals surface area contributed by atoms with E-state index < -0.39 is 0 Å². The van der Waals surface area contributed by atoms with Crippen LogP contribution in [0.1, 0.15) is 0 Å². The van der Waals surface area contributed by atoms with Gasteiger partial charge in [0.15, 0.2) is 5.82 Å². The summed E-state index contributed by atoms with van der Waals surface area (Å²) in [6.07, 6.45) is 2.00. The summed E-state index contributed by atoms with van der Waals surface area (Å²) in [6.45, 7) is 0. The van der Waals surface area contributed by atoms with Crippen molar-refractivity contribution in [2.75, 3.05) is 17.3 Å². The number of nitrogens with one attached hydrogen (secondary N) is 2. The highest BCUT2D eigenvalue weighted by molar-refractivity contribution is 7.99. The van der Waals surface area contributed by atoms with Gasteiger partial charge in [-0.25, -0.2) is 4.98 Å². The second kappa shape index (κ2) is 8.42. The lowest BCUT2D eigenvalue weighted by Gasteiger charge is -2.05. The number of amides is 1. The Morgan fingerprint density at radius 3 is 2.80 bits per heavy atom. The fraction of sp³-hybridized carbons (Fsp3) is 0.118. The van der Waals surface area contributed by atoms with Gasteiger partial charge in [-0.1, -0.05) is 29.4 Å². The van der Waals surface area contributed by atoms with Gasteiger partial charge >= 0.3 is 0 Å². The molecule has 0 atom stereocenters. The first-order valence-corrected chi connectivity index (χ1v) is 9.98. The molecule has 0 bridgehead atoms. The van der Waals surface area contributed by atoms with Gasteiger partial charge in [0.25, 0.3) is 0 Å². The van der Waals surface area contributed by atoms with E-state index in [0.29, 0.717) is 16.0 Å². The first-order chi connectivity index (χ1) is 12.1. The molecule has 0 radical (unpaired) electrons.